The van der Waals surface area contributed by atoms with Crippen LogP contribution in [0.5, 0.6) is 5.75 Å². The van der Waals surface area contributed by atoms with Crippen LogP contribution in [-0.4, -0.2) is 22.5 Å². The van der Waals surface area contributed by atoms with E-state index in [1.54, 1.807) is 24.3 Å². The molecule has 3 aromatic rings. The molecule has 9 heteroatoms. The van der Waals surface area contributed by atoms with E-state index in [1.807, 2.05) is 0 Å². The molecule has 0 saturated heterocycles. The number of methoxy groups -OCH3 is 1. The first kappa shape index (κ1) is 18.2. The molecule has 3 rings (SSSR count). The fourth-order valence-corrected chi connectivity index (χ4v) is 2.74. The van der Waals surface area contributed by atoms with Crippen LogP contribution < -0.4 is 15.8 Å². The normalized spacial score (nSPS) is 10.7. The van der Waals surface area contributed by atoms with Crippen molar-refractivity contribution in [2.45, 2.75) is 19.4 Å². The van der Waals surface area contributed by atoms with E-state index in [4.69, 9.17) is 9.15 Å². The summed E-state index contributed by atoms with van der Waals surface area (Å²) in [4.78, 5) is 34.4. The number of amides is 1. The van der Waals surface area contributed by atoms with Gasteiger partial charge in [-0.1, -0.05) is 12.1 Å². The first-order valence-electron chi connectivity index (χ1n) is 8.20. The number of nitrogens with one attached hydrogen (secondary N) is 1. The largest absolute Gasteiger partial charge is 0.495 e. The number of aromatic nitrogens is 1. The second-order valence-corrected chi connectivity index (χ2v) is 5.78. The SMILES string of the molecule is COc1ccccc1NC(=O)CCCn1c(=O)oc2cc([N+](=O)[O-])ccc21. The van der Waals surface area contributed by atoms with Gasteiger partial charge >= 0.3 is 5.76 Å². The first-order chi connectivity index (χ1) is 13.0. The maximum Gasteiger partial charge on any atom is 0.419 e. The standard InChI is InChI=1S/C18H17N3O6/c1-26-15-6-3-2-5-13(15)19-17(22)7-4-10-20-14-9-8-12(21(24)25)11-16(14)27-18(20)23/h2-3,5-6,8-9,11H,4,7,10H2,1H3,(H,19,22). The highest BCUT2D eigenvalue weighted by molar-refractivity contribution is 5.92. The Morgan fingerprint density at radius 3 is 2.81 bits per heavy atom. The summed E-state index contributed by atoms with van der Waals surface area (Å²) < 4.78 is 11.6. The van der Waals surface area contributed by atoms with Crippen LogP contribution in [0.3, 0.4) is 0 Å². The molecule has 9 nitrogen and oxygen atoms in total. The zero-order chi connectivity index (χ0) is 19.4. The summed E-state index contributed by atoms with van der Waals surface area (Å²) in [6.45, 7) is 0.253. The minimum atomic E-state index is -0.615. The van der Waals surface area contributed by atoms with Crippen LogP contribution in [0.15, 0.2) is 51.7 Å². The van der Waals surface area contributed by atoms with Crippen LogP contribution in [-0.2, 0) is 11.3 Å². The van der Waals surface area contributed by atoms with Crippen molar-refractivity contribution in [3.63, 3.8) is 0 Å². The van der Waals surface area contributed by atoms with Crippen molar-refractivity contribution in [1.82, 2.24) is 4.57 Å². The third-order valence-electron chi connectivity index (χ3n) is 4.03. The minimum Gasteiger partial charge on any atom is -0.495 e. The molecule has 140 valence electrons. The maximum absolute atomic E-state index is 12.1. The van der Waals surface area contributed by atoms with Gasteiger partial charge < -0.3 is 14.5 Å². The lowest BCUT2D eigenvalue weighted by Crippen LogP contribution is -2.17. The molecule has 0 saturated carbocycles. The third kappa shape index (κ3) is 3.97. The Balaban J connectivity index is 1.65. The number of nitro benzene ring substituents is 1. The van der Waals surface area contributed by atoms with Crippen molar-refractivity contribution in [3.8, 4) is 5.75 Å². The lowest BCUT2D eigenvalue weighted by atomic mass is 10.2. The second-order valence-electron chi connectivity index (χ2n) is 5.78. The lowest BCUT2D eigenvalue weighted by molar-refractivity contribution is -0.384. The van der Waals surface area contributed by atoms with Gasteiger partial charge in [0.2, 0.25) is 5.91 Å². The molecule has 1 aromatic heterocycles. The molecule has 2 aromatic carbocycles. The van der Waals surface area contributed by atoms with Crippen molar-refractivity contribution in [1.29, 1.82) is 0 Å². The number of para-hydroxylation sites is 2. The van der Waals surface area contributed by atoms with Crippen molar-refractivity contribution in [2.75, 3.05) is 12.4 Å². The van der Waals surface area contributed by atoms with E-state index < -0.39 is 10.7 Å². The molecular weight excluding hydrogens is 354 g/mol. The number of benzene rings is 2. The average Bonchev–Trinajstić information content (AvgIpc) is 2.96. The summed E-state index contributed by atoms with van der Waals surface area (Å²) in [7, 11) is 1.52. The molecule has 0 atom stereocenters. The molecule has 0 aliphatic rings. The number of ether oxygens (including phenoxy) is 1. The average molecular weight is 371 g/mol. The number of carbonyl (C=O) groups is 1. The molecule has 0 bridgehead atoms. The maximum atomic E-state index is 12.1. The van der Waals surface area contributed by atoms with Gasteiger partial charge in [-0.25, -0.2) is 4.79 Å². The predicted molar refractivity (Wildman–Crippen MR) is 98.0 cm³/mol. The molecule has 27 heavy (non-hydrogen) atoms. The van der Waals surface area contributed by atoms with Gasteiger partial charge in [0, 0.05) is 19.0 Å². The number of nitrogens with zero attached hydrogens (tertiary/aromatic N) is 2. The fraction of sp³-hybridized carbons (Fsp3) is 0.222. The second kappa shape index (κ2) is 7.73. The van der Waals surface area contributed by atoms with Gasteiger partial charge in [0.25, 0.3) is 5.69 Å². The molecule has 0 fully saturated rings. The predicted octanol–water partition coefficient (Wildman–Crippen LogP) is 2.93. The molecule has 1 amide bonds. The quantitative estimate of drug-likeness (QED) is 0.504. The van der Waals surface area contributed by atoms with E-state index in [0.29, 0.717) is 23.4 Å². The number of anilines is 1. The highest BCUT2D eigenvalue weighted by atomic mass is 16.6. The van der Waals surface area contributed by atoms with E-state index in [1.165, 1.54) is 29.9 Å². The Kier molecular flexibility index (Phi) is 5.20. The Morgan fingerprint density at radius 1 is 1.30 bits per heavy atom. The summed E-state index contributed by atoms with van der Waals surface area (Å²) in [6.07, 6.45) is 0.580. The zero-order valence-corrected chi connectivity index (χ0v) is 14.5. The molecule has 1 heterocycles. The number of non-ortho nitro benzene ring substituents is 1. The van der Waals surface area contributed by atoms with E-state index in [2.05, 4.69) is 5.32 Å². The Labute approximate surface area is 153 Å². The van der Waals surface area contributed by atoms with Crippen LogP contribution in [0.1, 0.15) is 12.8 Å². The van der Waals surface area contributed by atoms with Crippen molar-refractivity contribution < 1.29 is 18.9 Å². The monoisotopic (exact) mass is 371 g/mol. The molecule has 0 aliphatic carbocycles. The highest BCUT2D eigenvalue weighted by Crippen LogP contribution is 2.23. The van der Waals surface area contributed by atoms with Crippen LogP contribution in [0, 0.1) is 10.1 Å². The van der Waals surface area contributed by atoms with Gasteiger partial charge in [-0.2, -0.15) is 0 Å². The van der Waals surface area contributed by atoms with Gasteiger partial charge in [-0.15, -0.1) is 0 Å². The number of carbonyl (C=O) groups excluding carboxylic acids is 1. The van der Waals surface area contributed by atoms with Crippen molar-refractivity contribution in [3.05, 3.63) is 63.1 Å². The van der Waals surface area contributed by atoms with Crippen LogP contribution >= 0.6 is 0 Å². The van der Waals surface area contributed by atoms with Crippen LogP contribution in [0.25, 0.3) is 11.1 Å². The molecule has 1 N–H and O–H groups in total. The van der Waals surface area contributed by atoms with E-state index in [9.17, 15) is 19.7 Å². The minimum absolute atomic E-state index is 0.146. The lowest BCUT2D eigenvalue weighted by Gasteiger charge is -2.09. The number of aryl methyl sites for hydroxylation is 1. The number of nitro groups is 1. The summed E-state index contributed by atoms with van der Waals surface area (Å²) in [6, 6.07) is 11.0. The molecule has 0 aliphatic heterocycles. The molecule has 0 spiro atoms. The topological polar surface area (TPSA) is 117 Å². The Hall–Kier alpha value is -3.62. The zero-order valence-electron chi connectivity index (χ0n) is 14.5. The molecular formula is C18H17N3O6. The van der Waals surface area contributed by atoms with Gasteiger partial charge in [-0.3, -0.25) is 19.5 Å². The number of hydrogen-bond donors (Lipinski definition) is 1. The number of rotatable bonds is 7. The third-order valence-corrected chi connectivity index (χ3v) is 4.03. The van der Waals surface area contributed by atoms with E-state index in [0.717, 1.165) is 0 Å². The fourth-order valence-electron chi connectivity index (χ4n) is 2.74. The summed E-state index contributed by atoms with van der Waals surface area (Å²) in [5.74, 6) is -0.267. The summed E-state index contributed by atoms with van der Waals surface area (Å²) in [5, 5.41) is 13.6. The Morgan fingerprint density at radius 2 is 2.07 bits per heavy atom. The van der Waals surface area contributed by atoms with Crippen molar-refractivity contribution in [2.24, 2.45) is 0 Å². The first-order valence-corrected chi connectivity index (χ1v) is 8.20. The van der Waals surface area contributed by atoms with Crippen molar-refractivity contribution >= 4 is 28.4 Å². The number of fused-ring (bicyclic) bond motifs is 1. The van der Waals surface area contributed by atoms with Gasteiger partial charge in [-0.05, 0) is 24.6 Å². The van der Waals surface area contributed by atoms with Gasteiger partial charge in [0.1, 0.15) is 5.75 Å². The van der Waals surface area contributed by atoms with Gasteiger partial charge in [0.15, 0.2) is 5.58 Å². The summed E-state index contributed by atoms with van der Waals surface area (Å²) >= 11 is 0. The number of oxazole rings is 1. The molecule has 0 unspecified atom stereocenters. The highest BCUT2D eigenvalue weighted by Gasteiger charge is 2.14. The van der Waals surface area contributed by atoms with Crippen LogP contribution in [0.2, 0.25) is 0 Å². The smallest absolute Gasteiger partial charge is 0.419 e. The number of hydrogen-bond acceptors (Lipinski definition) is 6. The van der Waals surface area contributed by atoms with E-state index >= 15 is 0 Å². The van der Waals surface area contributed by atoms with Gasteiger partial charge in [0.05, 0.1) is 29.3 Å². The van der Waals surface area contributed by atoms with Crippen LogP contribution in [0.4, 0.5) is 11.4 Å². The Bertz CT molecular complexity index is 1050. The summed E-state index contributed by atoms with van der Waals surface area (Å²) in [5.41, 5.74) is 1.02. The molecule has 0 radical (unpaired) electrons. The van der Waals surface area contributed by atoms with E-state index in [-0.39, 0.29) is 30.1 Å².